The van der Waals surface area contributed by atoms with E-state index < -0.39 is 0 Å². The minimum Gasteiger partial charge on any atom is -0.474 e. The topological polar surface area (TPSA) is 22.1 Å². The molecular weight excluding hydrogens is 242 g/mol. The Morgan fingerprint density at radius 2 is 2.07 bits per heavy atom. The lowest BCUT2D eigenvalue weighted by Gasteiger charge is -2.22. The van der Waals surface area contributed by atoms with Gasteiger partial charge in [-0.1, -0.05) is 22.4 Å². The average molecular weight is 256 g/mol. The maximum absolute atomic E-state index is 5.80. The fourth-order valence-electron chi connectivity index (χ4n) is 1.80. The van der Waals surface area contributed by atoms with E-state index in [-0.39, 0.29) is 0 Å². The van der Waals surface area contributed by atoms with E-state index in [9.17, 15) is 0 Å². The highest BCUT2D eigenvalue weighted by atomic mass is 79.9. The van der Waals surface area contributed by atoms with Gasteiger partial charge in [0.25, 0.3) is 0 Å². The number of aromatic nitrogens is 1. The third-order valence-electron chi connectivity index (χ3n) is 2.54. The molecule has 1 aromatic heterocycles. The molecule has 0 unspecified atom stereocenters. The Balaban J connectivity index is 1.95. The standard InChI is InChI=1S/C11H14BrNO/c12-9-6-7-13-11(8-9)14-10-4-2-1-3-5-10/h6-8,10H,1-5H2. The molecule has 1 aliphatic rings. The van der Waals surface area contributed by atoms with Crippen molar-refractivity contribution in [1.82, 2.24) is 4.98 Å². The Morgan fingerprint density at radius 1 is 1.29 bits per heavy atom. The van der Waals surface area contributed by atoms with Crippen molar-refractivity contribution >= 4 is 15.9 Å². The summed E-state index contributed by atoms with van der Waals surface area (Å²) in [5, 5.41) is 0. The van der Waals surface area contributed by atoms with Crippen LogP contribution in [0.4, 0.5) is 0 Å². The molecule has 1 aliphatic carbocycles. The predicted octanol–water partition coefficient (Wildman–Crippen LogP) is 3.56. The minimum absolute atomic E-state index is 0.380. The molecule has 1 saturated carbocycles. The summed E-state index contributed by atoms with van der Waals surface area (Å²) in [5.41, 5.74) is 0. The Labute approximate surface area is 92.8 Å². The number of halogens is 1. The number of hydrogen-bond donors (Lipinski definition) is 0. The molecule has 0 N–H and O–H groups in total. The van der Waals surface area contributed by atoms with Crippen LogP contribution in [0.15, 0.2) is 22.8 Å². The summed E-state index contributed by atoms with van der Waals surface area (Å²) in [6, 6.07) is 3.84. The second kappa shape index (κ2) is 4.78. The van der Waals surface area contributed by atoms with E-state index in [0.717, 1.165) is 10.4 Å². The van der Waals surface area contributed by atoms with E-state index in [1.807, 2.05) is 12.1 Å². The van der Waals surface area contributed by atoms with Gasteiger partial charge < -0.3 is 4.74 Å². The van der Waals surface area contributed by atoms with E-state index in [1.54, 1.807) is 6.20 Å². The van der Waals surface area contributed by atoms with Gasteiger partial charge in [-0.3, -0.25) is 0 Å². The normalized spacial score (nSPS) is 18.1. The Hall–Kier alpha value is -0.570. The van der Waals surface area contributed by atoms with Crippen LogP contribution >= 0.6 is 15.9 Å². The summed E-state index contributed by atoms with van der Waals surface area (Å²) in [4.78, 5) is 4.18. The zero-order valence-electron chi connectivity index (χ0n) is 8.08. The van der Waals surface area contributed by atoms with Crippen LogP contribution in [0, 0.1) is 0 Å². The minimum atomic E-state index is 0.380. The third kappa shape index (κ3) is 2.71. The smallest absolute Gasteiger partial charge is 0.214 e. The van der Waals surface area contributed by atoms with Crippen molar-refractivity contribution < 1.29 is 4.74 Å². The molecule has 2 nitrogen and oxygen atoms in total. The first kappa shape index (κ1) is 9.97. The van der Waals surface area contributed by atoms with Crippen LogP contribution in [0.1, 0.15) is 32.1 Å². The molecule has 0 saturated heterocycles. The maximum Gasteiger partial charge on any atom is 0.214 e. The van der Waals surface area contributed by atoms with Crippen LogP contribution in [0.5, 0.6) is 5.88 Å². The number of nitrogens with zero attached hydrogens (tertiary/aromatic N) is 1. The lowest BCUT2D eigenvalue weighted by molar-refractivity contribution is 0.148. The SMILES string of the molecule is Brc1ccnc(OC2CCCCC2)c1. The molecule has 1 fully saturated rings. The molecule has 0 aliphatic heterocycles. The van der Waals surface area contributed by atoms with Crippen molar-refractivity contribution in [2.45, 2.75) is 38.2 Å². The van der Waals surface area contributed by atoms with Crippen LogP contribution in [-0.2, 0) is 0 Å². The number of pyridine rings is 1. The lowest BCUT2D eigenvalue weighted by Crippen LogP contribution is -2.20. The van der Waals surface area contributed by atoms with Gasteiger partial charge in [0.2, 0.25) is 5.88 Å². The van der Waals surface area contributed by atoms with E-state index >= 15 is 0 Å². The Morgan fingerprint density at radius 3 is 2.79 bits per heavy atom. The summed E-state index contributed by atoms with van der Waals surface area (Å²) in [5.74, 6) is 0.742. The number of ether oxygens (including phenoxy) is 1. The van der Waals surface area contributed by atoms with Gasteiger partial charge in [0.15, 0.2) is 0 Å². The van der Waals surface area contributed by atoms with Crippen molar-refractivity contribution in [3.8, 4) is 5.88 Å². The molecular formula is C11H14BrNO. The molecule has 1 heterocycles. The first-order valence-corrected chi connectivity index (χ1v) is 5.92. The molecule has 14 heavy (non-hydrogen) atoms. The summed E-state index contributed by atoms with van der Waals surface area (Å²) in [6.07, 6.45) is 8.43. The van der Waals surface area contributed by atoms with Gasteiger partial charge in [0.05, 0.1) is 0 Å². The van der Waals surface area contributed by atoms with Crippen LogP contribution in [0.3, 0.4) is 0 Å². The molecule has 3 heteroatoms. The average Bonchev–Trinajstić information content (AvgIpc) is 2.19. The predicted molar refractivity (Wildman–Crippen MR) is 59.4 cm³/mol. The molecule has 76 valence electrons. The Bertz CT molecular complexity index is 297. The van der Waals surface area contributed by atoms with Gasteiger partial charge >= 0.3 is 0 Å². The van der Waals surface area contributed by atoms with Crippen molar-refractivity contribution in [2.75, 3.05) is 0 Å². The summed E-state index contributed by atoms with van der Waals surface area (Å²) in [7, 11) is 0. The molecule has 0 atom stereocenters. The van der Waals surface area contributed by atoms with Gasteiger partial charge in [0.1, 0.15) is 6.10 Å². The fraction of sp³-hybridized carbons (Fsp3) is 0.545. The molecule has 0 amide bonds. The summed E-state index contributed by atoms with van der Waals surface area (Å²) in [6.45, 7) is 0. The number of hydrogen-bond acceptors (Lipinski definition) is 2. The van der Waals surface area contributed by atoms with E-state index in [4.69, 9.17) is 4.74 Å². The van der Waals surface area contributed by atoms with Crippen LogP contribution < -0.4 is 4.74 Å². The van der Waals surface area contributed by atoms with E-state index in [2.05, 4.69) is 20.9 Å². The van der Waals surface area contributed by atoms with E-state index in [0.29, 0.717) is 6.10 Å². The van der Waals surface area contributed by atoms with Crippen LogP contribution in [0.25, 0.3) is 0 Å². The second-order valence-corrected chi connectivity index (χ2v) is 4.61. The largest absolute Gasteiger partial charge is 0.474 e. The van der Waals surface area contributed by atoms with E-state index in [1.165, 1.54) is 32.1 Å². The highest BCUT2D eigenvalue weighted by Gasteiger charge is 2.15. The summed E-state index contributed by atoms with van der Waals surface area (Å²) < 4.78 is 6.82. The zero-order valence-corrected chi connectivity index (χ0v) is 9.66. The fourth-order valence-corrected chi connectivity index (χ4v) is 2.12. The van der Waals surface area contributed by atoms with Crippen LogP contribution in [-0.4, -0.2) is 11.1 Å². The number of rotatable bonds is 2. The van der Waals surface area contributed by atoms with Crippen molar-refractivity contribution in [2.24, 2.45) is 0 Å². The molecule has 0 aromatic carbocycles. The Kier molecular flexibility index (Phi) is 3.40. The summed E-state index contributed by atoms with van der Waals surface area (Å²) >= 11 is 3.41. The van der Waals surface area contributed by atoms with Gasteiger partial charge in [-0.25, -0.2) is 4.98 Å². The quantitative estimate of drug-likeness (QED) is 0.807. The zero-order chi connectivity index (χ0) is 9.80. The lowest BCUT2D eigenvalue weighted by atomic mass is 9.98. The highest BCUT2D eigenvalue weighted by molar-refractivity contribution is 9.10. The monoisotopic (exact) mass is 255 g/mol. The first-order valence-electron chi connectivity index (χ1n) is 5.13. The first-order chi connectivity index (χ1) is 6.84. The maximum atomic E-state index is 5.80. The van der Waals surface area contributed by atoms with Gasteiger partial charge in [-0.15, -0.1) is 0 Å². The van der Waals surface area contributed by atoms with Crippen molar-refractivity contribution in [1.29, 1.82) is 0 Å². The highest BCUT2D eigenvalue weighted by Crippen LogP contribution is 2.23. The molecule has 0 bridgehead atoms. The van der Waals surface area contributed by atoms with Gasteiger partial charge in [0, 0.05) is 16.7 Å². The molecule has 2 rings (SSSR count). The van der Waals surface area contributed by atoms with Crippen molar-refractivity contribution in [3.63, 3.8) is 0 Å². The van der Waals surface area contributed by atoms with Gasteiger partial charge in [-0.05, 0) is 31.7 Å². The molecule has 0 spiro atoms. The van der Waals surface area contributed by atoms with Gasteiger partial charge in [-0.2, -0.15) is 0 Å². The third-order valence-corrected chi connectivity index (χ3v) is 3.03. The molecule has 1 aromatic rings. The van der Waals surface area contributed by atoms with Crippen LogP contribution in [0.2, 0.25) is 0 Å². The van der Waals surface area contributed by atoms with Crippen molar-refractivity contribution in [3.05, 3.63) is 22.8 Å². The second-order valence-electron chi connectivity index (χ2n) is 3.69. The molecule has 0 radical (unpaired) electrons.